The predicted molar refractivity (Wildman–Crippen MR) is 108 cm³/mol. The van der Waals surface area contributed by atoms with Crippen molar-refractivity contribution in [2.24, 2.45) is 0 Å². The van der Waals surface area contributed by atoms with Crippen molar-refractivity contribution >= 4 is 39.1 Å². The third-order valence-corrected chi connectivity index (χ3v) is 5.64. The van der Waals surface area contributed by atoms with E-state index >= 15 is 0 Å². The van der Waals surface area contributed by atoms with Gasteiger partial charge in [-0.25, -0.2) is 9.67 Å². The number of carbonyl (C=O) groups is 1. The number of benzene rings is 1. The van der Waals surface area contributed by atoms with E-state index in [1.54, 1.807) is 12.5 Å². The summed E-state index contributed by atoms with van der Waals surface area (Å²) in [5, 5.41) is 9.27. The van der Waals surface area contributed by atoms with Gasteiger partial charge in [-0.1, -0.05) is 11.6 Å². The quantitative estimate of drug-likeness (QED) is 0.497. The number of aromatic nitrogens is 4. The third-order valence-electron chi connectivity index (χ3n) is 4.28. The van der Waals surface area contributed by atoms with Crippen molar-refractivity contribution in [2.45, 2.75) is 19.9 Å². The molecule has 138 valence electrons. The Morgan fingerprint density at radius 2 is 2.11 bits per heavy atom. The van der Waals surface area contributed by atoms with Crippen molar-refractivity contribution in [1.29, 1.82) is 0 Å². The van der Waals surface area contributed by atoms with Crippen LogP contribution in [-0.4, -0.2) is 31.8 Å². The molecule has 0 bridgehead atoms. The predicted octanol–water partition coefficient (Wildman–Crippen LogP) is 4.07. The maximum atomic E-state index is 12.5. The third kappa shape index (κ3) is 3.74. The Morgan fingerprint density at radius 1 is 1.30 bits per heavy atom. The number of hydrogen-bond acceptors (Lipinski definition) is 4. The Morgan fingerprint density at radius 3 is 2.85 bits per heavy atom. The number of hydrogen-bond donors (Lipinski definition) is 1. The highest BCUT2D eigenvalue weighted by molar-refractivity contribution is 7.20. The van der Waals surface area contributed by atoms with Crippen molar-refractivity contribution in [1.82, 2.24) is 24.6 Å². The minimum atomic E-state index is -0.0520. The molecule has 0 aliphatic carbocycles. The Labute approximate surface area is 165 Å². The molecule has 4 rings (SSSR count). The number of nitrogens with zero attached hydrogens (tertiary/aromatic N) is 4. The molecule has 1 amide bonds. The number of halogens is 1. The first-order valence-corrected chi connectivity index (χ1v) is 9.80. The summed E-state index contributed by atoms with van der Waals surface area (Å²) in [4.78, 5) is 18.2. The summed E-state index contributed by atoms with van der Waals surface area (Å²) in [6, 6.07) is 9.43. The maximum Gasteiger partial charge on any atom is 0.261 e. The van der Waals surface area contributed by atoms with E-state index in [1.165, 1.54) is 11.3 Å². The van der Waals surface area contributed by atoms with Crippen LogP contribution in [0.1, 0.15) is 21.8 Å². The molecule has 4 aromatic rings. The van der Waals surface area contributed by atoms with Crippen LogP contribution in [0.25, 0.3) is 15.9 Å². The second-order valence-electron chi connectivity index (χ2n) is 6.21. The molecule has 0 fully saturated rings. The number of carbonyl (C=O) groups excluding carboxylic acids is 1. The van der Waals surface area contributed by atoms with Crippen molar-refractivity contribution in [2.75, 3.05) is 6.54 Å². The van der Waals surface area contributed by atoms with E-state index in [0.717, 1.165) is 34.6 Å². The van der Waals surface area contributed by atoms with Gasteiger partial charge in [0.25, 0.3) is 5.91 Å². The van der Waals surface area contributed by atoms with Crippen LogP contribution >= 0.6 is 22.9 Å². The monoisotopic (exact) mass is 399 g/mol. The van der Waals surface area contributed by atoms with Gasteiger partial charge in [0.15, 0.2) is 0 Å². The molecule has 6 nitrogen and oxygen atoms in total. The number of amides is 1. The van der Waals surface area contributed by atoms with Gasteiger partial charge in [-0.15, -0.1) is 11.3 Å². The summed E-state index contributed by atoms with van der Waals surface area (Å²) in [7, 11) is 0. The SMILES string of the molecule is Cc1nn(-c2ccc(Cl)cc2)c2sc(C(=O)NCCCn3ccnc3)cc12. The lowest BCUT2D eigenvalue weighted by molar-refractivity contribution is 0.0957. The van der Waals surface area contributed by atoms with Crippen LogP contribution in [0.5, 0.6) is 0 Å². The molecule has 3 heterocycles. The highest BCUT2D eigenvalue weighted by Crippen LogP contribution is 2.30. The summed E-state index contributed by atoms with van der Waals surface area (Å²) in [6.45, 7) is 3.40. The fraction of sp³-hybridized carbons (Fsp3) is 0.211. The summed E-state index contributed by atoms with van der Waals surface area (Å²) in [6.07, 6.45) is 6.30. The van der Waals surface area contributed by atoms with Crippen LogP contribution in [0.15, 0.2) is 49.1 Å². The lowest BCUT2D eigenvalue weighted by Crippen LogP contribution is -2.24. The number of imidazole rings is 1. The van der Waals surface area contributed by atoms with Gasteiger partial charge < -0.3 is 9.88 Å². The summed E-state index contributed by atoms with van der Waals surface area (Å²) in [5.74, 6) is -0.0520. The van der Waals surface area contributed by atoms with Crippen LogP contribution in [0.4, 0.5) is 0 Å². The average Bonchev–Trinajstić information content (AvgIpc) is 3.38. The molecule has 0 aliphatic rings. The number of aryl methyl sites for hydroxylation is 2. The smallest absolute Gasteiger partial charge is 0.261 e. The van der Waals surface area contributed by atoms with Crippen LogP contribution < -0.4 is 5.32 Å². The van der Waals surface area contributed by atoms with Gasteiger partial charge in [-0.05, 0) is 43.7 Å². The number of fused-ring (bicyclic) bond motifs is 1. The molecule has 1 aromatic carbocycles. The largest absolute Gasteiger partial charge is 0.351 e. The van der Waals surface area contributed by atoms with Gasteiger partial charge in [0, 0.05) is 35.9 Å². The molecule has 0 aliphatic heterocycles. The maximum absolute atomic E-state index is 12.5. The molecule has 0 atom stereocenters. The molecule has 8 heteroatoms. The Hall–Kier alpha value is -2.64. The Kier molecular flexibility index (Phi) is 4.96. The molecule has 0 unspecified atom stereocenters. The first-order chi connectivity index (χ1) is 13.1. The number of rotatable bonds is 6. The number of nitrogens with one attached hydrogen (secondary N) is 1. The van der Waals surface area contributed by atoms with E-state index in [2.05, 4.69) is 15.4 Å². The van der Waals surface area contributed by atoms with Gasteiger partial charge >= 0.3 is 0 Å². The molecule has 3 aromatic heterocycles. The Balaban J connectivity index is 1.48. The molecule has 0 radical (unpaired) electrons. The fourth-order valence-corrected chi connectivity index (χ4v) is 4.11. The van der Waals surface area contributed by atoms with Crippen molar-refractivity contribution in [3.63, 3.8) is 0 Å². The minimum absolute atomic E-state index is 0.0520. The van der Waals surface area contributed by atoms with Crippen LogP contribution in [0.3, 0.4) is 0 Å². The van der Waals surface area contributed by atoms with Crippen LogP contribution in [-0.2, 0) is 6.54 Å². The standard InChI is InChI=1S/C19H18ClN5OS/c1-13-16-11-17(18(26)22-7-2-9-24-10-8-21-12-24)27-19(16)25(23-13)15-5-3-14(20)4-6-15/h3-6,8,10-12H,2,7,9H2,1H3,(H,22,26). The minimum Gasteiger partial charge on any atom is -0.351 e. The van der Waals surface area contributed by atoms with E-state index in [4.69, 9.17) is 11.6 Å². The van der Waals surface area contributed by atoms with E-state index < -0.39 is 0 Å². The Bertz CT molecular complexity index is 1070. The van der Waals surface area contributed by atoms with Gasteiger partial charge in [0.1, 0.15) is 4.83 Å². The molecule has 1 N–H and O–H groups in total. The highest BCUT2D eigenvalue weighted by atomic mass is 35.5. The number of thiophene rings is 1. The van der Waals surface area contributed by atoms with Gasteiger partial charge in [-0.3, -0.25) is 4.79 Å². The molecule has 27 heavy (non-hydrogen) atoms. The lowest BCUT2D eigenvalue weighted by atomic mass is 10.3. The van der Waals surface area contributed by atoms with Crippen LogP contribution in [0.2, 0.25) is 5.02 Å². The first-order valence-electron chi connectivity index (χ1n) is 8.61. The first kappa shape index (κ1) is 17.8. The van der Waals surface area contributed by atoms with Crippen molar-refractivity contribution < 1.29 is 4.79 Å². The highest BCUT2D eigenvalue weighted by Gasteiger charge is 2.17. The van der Waals surface area contributed by atoms with Gasteiger partial charge in [0.2, 0.25) is 0 Å². The van der Waals surface area contributed by atoms with Crippen LogP contribution in [0, 0.1) is 6.92 Å². The van der Waals surface area contributed by atoms with Gasteiger partial charge in [0.05, 0.1) is 22.6 Å². The zero-order chi connectivity index (χ0) is 18.8. The van der Waals surface area contributed by atoms with E-state index in [-0.39, 0.29) is 5.91 Å². The van der Waals surface area contributed by atoms with E-state index in [1.807, 2.05) is 52.7 Å². The average molecular weight is 400 g/mol. The normalized spacial score (nSPS) is 11.2. The zero-order valence-electron chi connectivity index (χ0n) is 14.7. The summed E-state index contributed by atoms with van der Waals surface area (Å²) >= 11 is 7.42. The van der Waals surface area contributed by atoms with E-state index in [9.17, 15) is 4.79 Å². The molecule has 0 spiro atoms. The second kappa shape index (κ2) is 7.54. The molecule has 0 saturated heterocycles. The topological polar surface area (TPSA) is 64.7 Å². The fourth-order valence-electron chi connectivity index (χ4n) is 2.89. The van der Waals surface area contributed by atoms with E-state index in [0.29, 0.717) is 16.4 Å². The summed E-state index contributed by atoms with van der Waals surface area (Å²) < 4.78 is 3.86. The molecular weight excluding hydrogens is 382 g/mol. The zero-order valence-corrected chi connectivity index (χ0v) is 16.3. The lowest BCUT2D eigenvalue weighted by Gasteiger charge is -2.04. The molecule has 0 saturated carbocycles. The van der Waals surface area contributed by atoms with Crippen molar-refractivity contribution in [3.05, 3.63) is 64.6 Å². The second-order valence-corrected chi connectivity index (χ2v) is 7.68. The van der Waals surface area contributed by atoms with Crippen molar-refractivity contribution in [3.8, 4) is 5.69 Å². The summed E-state index contributed by atoms with van der Waals surface area (Å²) in [5.41, 5.74) is 1.82. The van der Waals surface area contributed by atoms with Gasteiger partial charge in [-0.2, -0.15) is 5.10 Å². The molecular formula is C19H18ClN5OS.